The monoisotopic (exact) mass is 417 g/mol. The molecule has 4 rings (SSSR count). The Balaban J connectivity index is 1.43. The Morgan fingerprint density at radius 1 is 1.13 bits per heavy atom. The summed E-state index contributed by atoms with van der Waals surface area (Å²) in [4.78, 5) is 38.2. The van der Waals surface area contributed by atoms with Crippen molar-refractivity contribution in [3.05, 3.63) is 58.9 Å². The normalized spacial score (nSPS) is 18.2. The third-order valence-corrected chi connectivity index (χ3v) is 5.34. The number of carbonyl (C=O) groups excluding carboxylic acids is 3. The van der Waals surface area contributed by atoms with Crippen LogP contribution >= 0.6 is 0 Å². The number of hydrogen-bond acceptors (Lipinski definition) is 3. The first-order chi connectivity index (χ1) is 14.3. The number of fused-ring (bicyclic) bond motifs is 1. The van der Waals surface area contributed by atoms with Gasteiger partial charge in [-0.15, -0.1) is 0 Å². The highest BCUT2D eigenvalue weighted by molar-refractivity contribution is 6.09. The molecule has 0 aliphatic carbocycles. The van der Waals surface area contributed by atoms with Crippen LogP contribution in [0.15, 0.2) is 30.3 Å². The number of anilines is 2. The molecule has 0 saturated carbocycles. The lowest BCUT2D eigenvalue weighted by Crippen LogP contribution is -2.36. The van der Waals surface area contributed by atoms with Crippen LogP contribution in [0.5, 0.6) is 0 Å². The molecule has 1 fully saturated rings. The summed E-state index contributed by atoms with van der Waals surface area (Å²) in [6, 6.07) is 6.46. The Labute approximate surface area is 170 Å². The smallest absolute Gasteiger partial charge is 0.239 e. The number of halogens is 3. The van der Waals surface area contributed by atoms with E-state index in [1.54, 1.807) is 12.1 Å². The molecule has 3 amide bonds. The van der Waals surface area contributed by atoms with Crippen molar-refractivity contribution in [2.45, 2.75) is 25.8 Å². The molecule has 2 aliphatic heterocycles. The highest BCUT2D eigenvalue weighted by Gasteiger charge is 2.37. The summed E-state index contributed by atoms with van der Waals surface area (Å²) in [5, 5.41) is 5.16. The van der Waals surface area contributed by atoms with Crippen molar-refractivity contribution in [3.63, 3.8) is 0 Å². The minimum atomic E-state index is -1.34. The number of hydrogen-bond donors (Lipinski definition) is 2. The maximum Gasteiger partial charge on any atom is 0.239 e. The van der Waals surface area contributed by atoms with Gasteiger partial charge >= 0.3 is 0 Å². The number of nitrogens with zero attached hydrogens (tertiary/aromatic N) is 1. The number of carbonyl (C=O) groups is 3. The van der Waals surface area contributed by atoms with Crippen LogP contribution in [-0.4, -0.2) is 24.3 Å². The van der Waals surface area contributed by atoms with Crippen LogP contribution in [0.4, 0.5) is 24.5 Å². The Morgan fingerprint density at radius 2 is 1.93 bits per heavy atom. The van der Waals surface area contributed by atoms with Crippen LogP contribution in [0.25, 0.3) is 0 Å². The van der Waals surface area contributed by atoms with Crippen molar-refractivity contribution < 1.29 is 27.6 Å². The lowest BCUT2D eigenvalue weighted by Gasteiger charge is -2.22. The molecule has 2 aromatic rings. The molecule has 2 aliphatic rings. The van der Waals surface area contributed by atoms with Gasteiger partial charge in [0.25, 0.3) is 0 Å². The van der Waals surface area contributed by atoms with Crippen LogP contribution in [0.2, 0.25) is 0 Å². The zero-order valence-electron chi connectivity index (χ0n) is 15.8. The van der Waals surface area contributed by atoms with E-state index < -0.39 is 41.7 Å². The van der Waals surface area contributed by atoms with Crippen molar-refractivity contribution >= 4 is 29.1 Å². The predicted octanol–water partition coefficient (Wildman–Crippen LogP) is 2.66. The highest BCUT2D eigenvalue weighted by atomic mass is 19.2. The molecule has 6 nitrogen and oxygen atoms in total. The molecular formula is C21H18F3N3O3. The molecule has 0 spiro atoms. The first-order valence-corrected chi connectivity index (χ1v) is 9.49. The topological polar surface area (TPSA) is 78.5 Å². The predicted molar refractivity (Wildman–Crippen MR) is 102 cm³/mol. The summed E-state index contributed by atoms with van der Waals surface area (Å²) in [5.74, 6) is -5.59. The molecule has 30 heavy (non-hydrogen) atoms. The highest BCUT2D eigenvalue weighted by Crippen LogP contribution is 2.31. The lowest BCUT2D eigenvalue weighted by atomic mass is 10.0. The van der Waals surface area contributed by atoms with Crippen molar-refractivity contribution in [3.8, 4) is 0 Å². The molecule has 1 atom stereocenters. The van der Waals surface area contributed by atoms with Gasteiger partial charge in [0.05, 0.1) is 0 Å². The number of benzene rings is 2. The van der Waals surface area contributed by atoms with Crippen LogP contribution in [0.3, 0.4) is 0 Å². The summed E-state index contributed by atoms with van der Waals surface area (Å²) in [6.45, 7) is -0.104. The lowest BCUT2D eigenvalue weighted by molar-refractivity contribution is -0.132. The summed E-state index contributed by atoms with van der Waals surface area (Å²) in [7, 11) is 0. The van der Waals surface area contributed by atoms with Crippen molar-refractivity contribution in [2.24, 2.45) is 5.92 Å². The van der Waals surface area contributed by atoms with E-state index >= 15 is 0 Å². The Kier molecular flexibility index (Phi) is 5.19. The van der Waals surface area contributed by atoms with Gasteiger partial charge in [-0.1, -0.05) is 0 Å². The zero-order chi connectivity index (χ0) is 21.4. The molecule has 2 aromatic carbocycles. The van der Waals surface area contributed by atoms with E-state index in [0.29, 0.717) is 36.8 Å². The molecule has 9 heteroatoms. The van der Waals surface area contributed by atoms with E-state index in [-0.39, 0.29) is 17.9 Å². The molecule has 156 valence electrons. The number of amides is 3. The average Bonchev–Trinajstić information content (AvgIpc) is 3.10. The summed E-state index contributed by atoms with van der Waals surface area (Å²) >= 11 is 0. The minimum absolute atomic E-state index is 0.0566. The Bertz CT molecular complexity index is 1060. The van der Waals surface area contributed by atoms with Crippen LogP contribution in [-0.2, 0) is 27.3 Å². The van der Waals surface area contributed by atoms with Crippen molar-refractivity contribution in [1.29, 1.82) is 0 Å². The van der Waals surface area contributed by atoms with Gasteiger partial charge in [0.1, 0.15) is 11.7 Å². The maximum absolute atomic E-state index is 13.7. The molecule has 2 heterocycles. The standard InChI is InChI=1S/C21H18F3N3O3/c22-13-7-12(19(24)16(23)9-13)10-25-20(29)15-5-6-27(21(15)30)14-2-3-17-11(8-14)1-4-18(28)26-17/h2-3,7-9,15H,1,4-6,10H2,(H,25,29)(H,26,28). The fraction of sp³-hybridized carbons (Fsp3) is 0.286. The number of rotatable bonds is 4. The minimum Gasteiger partial charge on any atom is -0.351 e. The van der Waals surface area contributed by atoms with Gasteiger partial charge in [-0.3, -0.25) is 14.4 Å². The molecule has 0 aromatic heterocycles. The molecule has 1 unspecified atom stereocenters. The van der Waals surface area contributed by atoms with Gasteiger partial charge < -0.3 is 15.5 Å². The fourth-order valence-electron chi connectivity index (χ4n) is 3.76. The van der Waals surface area contributed by atoms with Gasteiger partial charge in [-0.05, 0) is 42.7 Å². The van der Waals surface area contributed by atoms with Gasteiger partial charge in [0, 0.05) is 42.5 Å². The molecule has 0 radical (unpaired) electrons. The van der Waals surface area contributed by atoms with Crippen molar-refractivity contribution in [2.75, 3.05) is 16.8 Å². The van der Waals surface area contributed by atoms with Gasteiger partial charge in [-0.2, -0.15) is 0 Å². The molecule has 1 saturated heterocycles. The van der Waals surface area contributed by atoms with E-state index in [4.69, 9.17) is 0 Å². The third kappa shape index (κ3) is 3.74. The van der Waals surface area contributed by atoms with Gasteiger partial charge in [0.2, 0.25) is 17.7 Å². The van der Waals surface area contributed by atoms with E-state index in [0.717, 1.165) is 11.6 Å². The molecule has 0 bridgehead atoms. The Morgan fingerprint density at radius 3 is 2.73 bits per heavy atom. The largest absolute Gasteiger partial charge is 0.351 e. The maximum atomic E-state index is 13.7. The average molecular weight is 417 g/mol. The van der Waals surface area contributed by atoms with Gasteiger partial charge in [0.15, 0.2) is 11.6 Å². The molecular weight excluding hydrogens is 399 g/mol. The SMILES string of the molecule is O=C1CCc2cc(N3CCC(C(=O)NCc4cc(F)cc(F)c4F)C3=O)ccc2N1. The number of aryl methyl sites for hydroxylation is 1. The van der Waals surface area contributed by atoms with Gasteiger partial charge in [-0.25, -0.2) is 13.2 Å². The second-order valence-corrected chi connectivity index (χ2v) is 7.30. The van der Waals surface area contributed by atoms with E-state index in [9.17, 15) is 27.6 Å². The number of nitrogens with one attached hydrogen (secondary N) is 2. The second-order valence-electron chi connectivity index (χ2n) is 7.30. The van der Waals surface area contributed by atoms with E-state index in [1.807, 2.05) is 6.07 Å². The second kappa shape index (κ2) is 7.81. The summed E-state index contributed by atoms with van der Waals surface area (Å²) in [5.41, 5.74) is 1.92. The van der Waals surface area contributed by atoms with Crippen LogP contribution in [0.1, 0.15) is 24.0 Å². The zero-order valence-corrected chi connectivity index (χ0v) is 15.8. The summed E-state index contributed by atoms with van der Waals surface area (Å²) in [6.07, 6.45) is 1.20. The molecule has 2 N–H and O–H groups in total. The quantitative estimate of drug-likeness (QED) is 0.593. The van der Waals surface area contributed by atoms with E-state index in [2.05, 4.69) is 10.6 Å². The first kappa shape index (κ1) is 19.9. The van der Waals surface area contributed by atoms with E-state index in [1.165, 1.54) is 4.90 Å². The first-order valence-electron chi connectivity index (χ1n) is 9.49. The van der Waals surface area contributed by atoms with Crippen LogP contribution in [0, 0.1) is 23.4 Å². The summed E-state index contributed by atoms with van der Waals surface area (Å²) < 4.78 is 40.3. The van der Waals surface area contributed by atoms with Crippen molar-refractivity contribution in [1.82, 2.24) is 5.32 Å². The Hall–Kier alpha value is -3.36. The van der Waals surface area contributed by atoms with Crippen LogP contribution < -0.4 is 15.5 Å². The fourth-order valence-corrected chi connectivity index (χ4v) is 3.76. The third-order valence-electron chi connectivity index (χ3n) is 5.34.